The first-order chi connectivity index (χ1) is 9.29. The highest BCUT2D eigenvalue weighted by Gasteiger charge is 2.45. The van der Waals surface area contributed by atoms with Crippen molar-refractivity contribution in [1.29, 1.82) is 0 Å². The Balaban J connectivity index is 1.29. The minimum Gasteiger partial charge on any atom is -0.335 e. The molecule has 2 unspecified atom stereocenters. The second-order valence-corrected chi connectivity index (χ2v) is 7.04. The van der Waals surface area contributed by atoms with Crippen molar-refractivity contribution in [2.45, 2.75) is 50.6 Å². The van der Waals surface area contributed by atoms with Crippen LogP contribution in [0, 0.1) is 11.8 Å². The smallest absolute Gasteiger partial charge is 0.317 e. The van der Waals surface area contributed by atoms with Gasteiger partial charge in [0.1, 0.15) is 0 Å². The highest BCUT2D eigenvalue weighted by Crippen LogP contribution is 2.37. The van der Waals surface area contributed by atoms with Gasteiger partial charge in [0.15, 0.2) is 0 Å². The fraction of sp³-hybridized carbons (Fsp3) is 0.933. The highest BCUT2D eigenvalue weighted by atomic mass is 16.2. The van der Waals surface area contributed by atoms with Gasteiger partial charge < -0.3 is 10.2 Å². The van der Waals surface area contributed by atoms with Crippen LogP contribution in [0.25, 0.3) is 0 Å². The number of nitrogens with zero attached hydrogens (tertiary/aromatic N) is 2. The summed E-state index contributed by atoms with van der Waals surface area (Å²) in [6, 6.07) is 1.56. The standard InChI is InChI=1S/C15H25N3O/c19-15(16-13-3-1-2-4-13)18-9-11-7-17(14-5-6-14)8-12(11)10-18/h11-14H,1-10H2,(H,16,19). The van der Waals surface area contributed by atoms with Gasteiger partial charge in [-0.15, -0.1) is 0 Å². The van der Waals surface area contributed by atoms with Gasteiger partial charge in [-0.2, -0.15) is 0 Å². The maximum absolute atomic E-state index is 12.3. The molecule has 2 amide bonds. The van der Waals surface area contributed by atoms with Gasteiger partial charge in [-0.3, -0.25) is 4.90 Å². The second-order valence-electron chi connectivity index (χ2n) is 7.04. The Bertz CT molecular complexity index is 348. The monoisotopic (exact) mass is 263 g/mol. The third-order valence-electron chi connectivity index (χ3n) is 5.55. The van der Waals surface area contributed by atoms with E-state index in [1.54, 1.807) is 0 Å². The van der Waals surface area contributed by atoms with Gasteiger partial charge in [-0.25, -0.2) is 4.79 Å². The van der Waals surface area contributed by atoms with Gasteiger partial charge in [0.25, 0.3) is 0 Å². The molecule has 2 atom stereocenters. The van der Waals surface area contributed by atoms with Crippen LogP contribution in [0.1, 0.15) is 38.5 Å². The molecule has 106 valence electrons. The average molecular weight is 263 g/mol. The van der Waals surface area contributed by atoms with Crippen molar-refractivity contribution < 1.29 is 4.79 Å². The number of amides is 2. The molecule has 4 aliphatic rings. The molecular weight excluding hydrogens is 238 g/mol. The fourth-order valence-electron chi connectivity index (χ4n) is 4.27. The first-order valence-corrected chi connectivity index (χ1v) is 8.09. The molecule has 0 aromatic rings. The summed E-state index contributed by atoms with van der Waals surface area (Å²) in [6.07, 6.45) is 7.75. The topological polar surface area (TPSA) is 35.6 Å². The lowest BCUT2D eigenvalue weighted by Gasteiger charge is -2.23. The van der Waals surface area contributed by atoms with Crippen LogP contribution >= 0.6 is 0 Å². The number of hydrogen-bond acceptors (Lipinski definition) is 2. The Hall–Kier alpha value is -0.770. The minimum absolute atomic E-state index is 0.208. The zero-order valence-electron chi connectivity index (χ0n) is 11.7. The van der Waals surface area contributed by atoms with Crippen LogP contribution in [0.5, 0.6) is 0 Å². The number of fused-ring (bicyclic) bond motifs is 1. The summed E-state index contributed by atoms with van der Waals surface area (Å²) in [4.78, 5) is 17.0. The quantitative estimate of drug-likeness (QED) is 0.822. The summed E-state index contributed by atoms with van der Waals surface area (Å²) in [5.74, 6) is 1.49. The van der Waals surface area contributed by atoms with Crippen LogP contribution in [0.4, 0.5) is 4.79 Å². The number of urea groups is 1. The minimum atomic E-state index is 0.208. The van der Waals surface area contributed by atoms with Crippen molar-refractivity contribution in [3.05, 3.63) is 0 Å². The van der Waals surface area contributed by atoms with Crippen LogP contribution < -0.4 is 5.32 Å². The molecular formula is C15H25N3O. The zero-order valence-corrected chi connectivity index (χ0v) is 11.7. The number of rotatable bonds is 2. The highest BCUT2D eigenvalue weighted by molar-refractivity contribution is 5.75. The molecule has 2 aliphatic heterocycles. The molecule has 0 aromatic carbocycles. The Morgan fingerprint density at radius 3 is 2.11 bits per heavy atom. The third kappa shape index (κ3) is 2.35. The average Bonchev–Trinajstić information content (AvgIpc) is 2.82. The first-order valence-electron chi connectivity index (χ1n) is 8.09. The Labute approximate surface area is 115 Å². The number of nitrogens with one attached hydrogen (secondary N) is 1. The van der Waals surface area contributed by atoms with Gasteiger partial charge in [-0.1, -0.05) is 12.8 Å². The Kier molecular flexibility index (Phi) is 2.94. The van der Waals surface area contributed by atoms with E-state index in [0.717, 1.165) is 31.0 Å². The van der Waals surface area contributed by atoms with E-state index >= 15 is 0 Å². The fourth-order valence-corrected chi connectivity index (χ4v) is 4.27. The summed E-state index contributed by atoms with van der Waals surface area (Å²) >= 11 is 0. The molecule has 19 heavy (non-hydrogen) atoms. The Morgan fingerprint density at radius 2 is 1.53 bits per heavy atom. The predicted octanol–water partition coefficient (Wildman–Crippen LogP) is 1.66. The maximum atomic E-state index is 12.3. The van der Waals surface area contributed by atoms with Crippen molar-refractivity contribution in [3.8, 4) is 0 Å². The molecule has 2 saturated carbocycles. The Morgan fingerprint density at radius 1 is 0.895 bits per heavy atom. The van der Waals surface area contributed by atoms with E-state index in [-0.39, 0.29) is 6.03 Å². The van der Waals surface area contributed by atoms with Crippen molar-refractivity contribution in [2.24, 2.45) is 11.8 Å². The molecule has 2 aliphatic carbocycles. The zero-order chi connectivity index (χ0) is 12.8. The maximum Gasteiger partial charge on any atom is 0.317 e. The van der Waals surface area contributed by atoms with Gasteiger partial charge in [0, 0.05) is 38.3 Å². The van der Waals surface area contributed by atoms with E-state index in [1.165, 1.54) is 51.6 Å². The summed E-state index contributed by atoms with van der Waals surface area (Å²) in [5, 5.41) is 3.23. The number of carbonyl (C=O) groups is 1. The lowest BCUT2D eigenvalue weighted by atomic mass is 10.0. The van der Waals surface area contributed by atoms with Gasteiger partial charge in [-0.05, 0) is 37.5 Å². The summed E-state index contributed by atoms with van der Waals surface area (Å²) in [5.41, 5.74) is 0. The van der Waals surface area contributed by atoms with Crippen LogP contribution in [0.3, 0.4) is 0 Å². The van der Waals surface area contributed by atoms with Crippen LogP contribution in [-0.4, -0.2) is 54.1 Å². The van der Waals surface area contributed by atoms with Crippen molar-refractivity contribution in [2.75, 3.05) is 26.2 Å². The molecule has 2 heterocycles. The van der Waals surface area contributed by atoms with Gasteiger partial charge in [0.05, 0.1) is 0 Å². The molecule has 4 heteroatoms. The molecule has 1 N–H and O–H groups in total. The predicted molar refractivity (Wildman–Crippen MR) is 73.9 cm³/mol. The largest absolute Gasteiger partial charge is 0.335 e. The van der Waals surface area contributed by atoms with Crippen LogP contribution in [-0.2, 0) is 0 Å². The molecule has 4 nitrogen and oxygen atoms in total. The van der Waals surface area contributed by atoms with E-state index in [0.29, 0.717) is 6.04 Å². The number of hydrogen-bond donors (Lipinski definition) is 1. The molecule has 0 radical (unpaired) electrons. The SMILES string of the molecule is O=C(NC1CCCC1)N1CC2CN(C3CC3)CC2C1. The van der Waals surface area contributed by atoms with E-state index in [9.17, 15) is 4.79 Å². The van der Waals surface area contributed by atoms with Crippen molar-refractivity contribution in [3.63, 3.8) is 0 Å². The lowest BCUT2D eigenvalue weighted by molar-refractivity contribution is 0.195. The third-order valence-corrected chi connectivity index (χ3v) is 5.55. The molecule has 0 aromatic heterocycles. The van der Waals surface area contributed by atoms with Crippen molar-refractivity contribution >= 4 is 6.03 Å². The summed E-state index contributed by atoms with van der Waals surface area (Å²) in [7, 11) is 0. The molecule has 2 saturated heterocycles. The van der Waals surface area contributed by atoms with Crippen molar-refractivity contribution in [1.82, 2.24) is 15.1 Å². The summed E-state index contributed by atoms with van der Waals surface area (Å²) < 4.78 is 0. The van der Waals surface area contributed by atoms with E-state index in [1.807, 2.05) is 0 Å². The van der Waals surface area contributed by atoms with E-state index in [4.69, 9.17) is 0 Å². The molecule has 0 spiro atoms. The van der Waals surface area contributed by atoms with E-state index in [2.05, 4.69) is 15.1 Å². The normalized spacial score (nSPS) is 35.9. The molecule has 4 fully saturated rings. The van der Waals surface area contributed by atoms with Crippen LogP contribution in [0.2, 0.25) is 0 Å². The molecule has 0 bridgehead atoms. The number of carbonyl (C=O) groups excluding carboxylic acids is 1. The van der Waals surface area contributed by atoms with E-state index < -0.39 is 0 Å². The summed E-state index contributed by atoms with van der Waals surface area (Å²) in [6.45, 7) is 4.46. The molecule has 4 rings (SSSR count). The van der Waals surface area contributed by atoms with Crippen LogP contribution in [0.15, 0.2) is 0 Å². The second kappa shape index (κ2) is 4.65. The van der Waals surface area contributed by atoms with Gasteiger partial charge >= 0.3 is 6.03 Å². The first kappa shape index (κ1) is 12.0. The lowest BCUT2D eigenvalue weighted by Crippen LogP contribution is -2.44. The van der Waals surface area contributed by atoms with Gasteiger partial charge in [0.2, 0.25) is 0 Å². The number of likely N-dealkylation sites (tertiary alicyclic amines) is 2.